The molecule has 0 spiro atoms. The lowest BCUT2D eigenvalue weighted by molar-refractivity contribution is -0.149. The number of nitrogens with two attached hydrogens (primary N) is 1. The van der Waals surface area contributed by atoms with Crippen molar-refractivity contribution < 1.29 is 19.1 Å². The molecule has 1 amide bonds. The molecule has 0 fully saturated rings. The molecule has 18 heavy (non-hydrogen) atoms. The van der Waals surface area contributed by atoms with Gasteiger partial charge in [0.2, 0.25) is 0 Å². The summed E-state index contributed by atoms with van der Waals surface area (Å²) in [5, 5.41) is 6.34. The summed E-state index contributed by atoms with van der Waals surface area (Å²) in [7, 11) is 1.53. The third-order valence-corrected chi connectivity index (χ3v) is 1.94. The van der Waals surface area contributed by atoms with E-state index in [1.807, 2.05) is 0 Å². The number of nitrogens with zero attached hydrogens (tertiary/aromatic N) is 2. The minimum Gasteiger partial charge on any atom is -0.454 e. The molecule has 0 saturated carbocycles. The Morgan fingerprint density at radius 3 is 2.94 bits per heavy atom. The van der Waals surface area contributed by atoms with Gasteiger partial charge >= 0.3 is 5.97 Å². The lowest BCUT2D eigenvalue weighted by Crippen LogP contribution is -2.31. The van der Waals surface area contributed by atoms with Gasteiger partial charge in [0.05, 0.1) is 6.61 Å². The van der Waals surface area contributed by atoms with Crippen LogP contribution in [0, 0.1) is 0 Å². The van der Waals surface area contributed by atoms with Crippen LogP contribution in [0.2, 0.25) is 0 Å². The van der Waals surface area contributed by atoms with E-state index in [1.54, 1.807) is 12.3 Å². The minimum absolute atomic E-state index is 0.0808. The molecule has 8 heteroatoms. The van der Waals surface area contributed by atoms with Crippen LogP contribution in [-0.2, 0) is 25.6 Å². The van der Waals surface area contributed by atoms with Crippen LogP contribution in [0.15, 0.2) is 12.3 Å². The van der Waals surface area contributed by atoms with Gasteiger partial charge in [0, 0.05) is 19.9 Å². The van der Waals surface area contributed by atoms with Crippen molar-refractivity contribution in [2.24, 2.45) is 0 Å². The highest BCUT2D eigenvalue weighted by atomic mass is 16.5. The summed E-state index contributed by atoms with van der Waals surface area (Å²) in [6, 6.07) is 1.56. The summed E-state index contributed by atoms with van der Waals surface area (Å²) in [5.41, 5.74) is 5.38. The van der Waals surface area contributed by atoms with Crippen LogP contribution in [-0.4, -0.2) is 48.5 Å². The molecule has 0 saturated heterocycles. The molecule has 0 aliphatic carbocycles. The molecule has 0 aliphatic heterocycles. The zero-order valence-corrected chi connectivity index (χ0v) is 10.1. The van der Waals surface area contributed by atoms with Crippen molar-refractivity contribution in [1.82, 2.24) is 15.1 Å². The van der Waals surface area contributed by atoms with E-state index < -0.39 is 5.97 Å². The van der Waals surface area contributed by atoms with Gasteiger partial charge in [0.25, 0.3) is 5.91 Å². The van der Waals surface area contributed by atoms with Crippen LogP contribution in [0.1, 0.15) is 0 Å². The van der Waals surface area contributed by atoms with Gasteiger partial charge in [-0.05, 0) is 6.07 Å². The number of nitrogens with one attached hydrogen (secondary N) is 1. The quantitative estimate of drug-likeness (QED) is 0.467. The Morgan fingerprint density at radius 2 is 2.33 bits per heavy atom. The monoisotopic (exact) mass is 256 g/mol. The fraction of sp³-hybridized carbons (Fsp3) is 0.500. The molecular formula is C10H16N4O4. The van der Waals surface area contributed by atoms with E-state index in [1.165, 1.54) is 11.8 Å². The number of hydrogen-bond donors (Lipinski definition) is 2. The van der Waals surface area contributed by atoms with Crippen LogP contribution < -0.4 is 11.1 Å². The van der Waals surface area contributed by atoms with Gasteiger partial charge in [0.1, 0.15) is 12.4 Å². The lowest BCUT2D eigenvalue weighted by atomic mass is 10.5. The van der Waals surface area contributed by atoms with Crippen molar-refractivity contribution in [3.63, 3.8) is 0 Å². The second-order valence-electron chi connectivity index (χ2n) is 3.44. The molecule has 1 rings (SSSR count). The molecular weight excluding hydrogens is 240 g/mol. The summed E-state index contributed by atoms with van der Waals surface area (Å²) >= 11 is 0. The second kappa shape index (κ2) is 7.28. The third-order valence-electron chi connectivity index (χ3n) is 1.94. The summed E-state index contributed by atoms with van der Waals surface area (Å²) in [5.74, 6) is -0.611. The minimum atomic E-state index is -0.556. The van der Waals surface area contributed by atoms with Gasteiger partial charge in [-0.2, -0.15) is 5.10 Å². The molecule has 0 bridgehead atoms. The number of carbonyl (C=O) groups excluding carboxylic acids is 2. The molecule has 8 nitrogen and oxygen atoms in total. The number of aromatic nitrogens is 2. The van der Waals surface area contributed by atoms with Crippen LogP contribution >= 0.6 is 0 Å². The summed E-state index contributed by atoms with van der Waals surface area (Å²) in [6.07, 6.45) is 1.55. The van der Waals surface area contributed by atoms with E-state index >= 15 is 0 Å². The summed E-state index contributed by atoms with van der Waals surface area (Å²) in [6.45, 7) is 0.386. The highest BCUT2D eigenvalue weighted by Crippen LogP contribution is 1.96. The summed E-state index contributed by atoms with van der Waals surface area (Å²) in [4.78, 5) is 22.5. The number of methoxy groups -OCH3 is 1. The Bertz CT molecular complexity index is 404. The van der Waals surface area contributed by atoms with Gasteiger partial charge in [-0.25, -0.2) is 0 Å². The largest absolute Gasteiger partial charge is 0.454 e. The van der Waals surface area contributed by atoms with Crippen molar-refractivity contribution in [3.8, 4) is 0 Å². The molecule has 1 aromatic rings. The first-order chi connectivity index (χ1) is 8.61. The van der Waals surface area contributed by atoms with Crippen molar-refractivity contribution in [3.05, 3.63) is 12.3 Å². The predicted molar refractivity (Wildman–Crippen MR) is 62.5 cm³/mol. The Kier molecular flexibility index (Phi) is 5.65. The lowest BCUT2D eigenvalue weighted by Gasteiger charge is -2.06. The van der Waals surface area contributed by atoms with E-state index in [2.05, 4.69) is 10.4 Å². The Hall–Kier alpha value is -2.09. The zero-order valence-electron chi connectivity index (χ0n) is 10.1. The number of amides is 1. The van der Waals surface area contributed by atoms with E-state index in [4.69, 9.17) is 15.2 Å². The highest BCUT2D eigenvalue weighted by Gasteiger charge is 2.08. The SMILES string of the molecule is COCCNC(=O)COC(=O)Cn1ccc(N)n1. The molecule has 1 heterocycles. The highest BCUT2D eigenvalue weighted by molar-refractivity contribution is 5.80. The summed E-state index contributed by atoms with van der Waals surface area (Å²) < 4.78 is 10.8. The van der Waals surface area contributed by atoms with Crippen molar-refractivity contribution >= 4 is 17.7 Å². The second-order valence-corrected chi connectivity index (χ2v) is 3.44. The van der Waals surface area contributed by atoms with Crippen LogP contribution in [0.4, 0.5) is 5.82 Å². The normalized spacial score (nSPS) is 10.1. The molecule has 0 atom stereocenters. The molecule has 100 valence electrons. The molecule has 3 N–H and O–H groups in total. The topological polar surface area (TPSA) is 108 Å². The average molecular weight is 256 g/mol. The first-order valence-corrected chi connectivity index (χ1v) is 5.32. The van der Waals surface area contributed by atoms with Crippen LogP contribution in [0.25, 0.3) is 0 Å². The number of ether oxygens (including phenoxy) is 2. The Balaban J connectivity index is 2.18. The first kappa shape index (κ1) is 14.0. The number of hydrogen-bond acceptors (Lipinski definition) is 6. The fourth-order valence-electron chi connectivity index (χ4n) is 1.13. The van der Waals surface area contributed by atoms with Gasteiger partial charge in [-0.15, -0.1) is 0 Å². The third kappa shape index (κ3) is 5.30. The van der Waals surface area contributed by atoms with Crippen molar-refractivity contribution in [1.29, 1.82) is 0 Å². The maximum absolute atomic E-state index is 11.3. The first-order valence-electron chi connectivity index (χ1n) is 5.32. The van der Waals surface area contributed by atoms with E-state index in [-0.39, 0.29) is 19.1 Å². The number of nitrogen functional groups attached to an aromatic ring is 1. The van der Waals surface area contributed by atoms with Gasteiger partial charge in [-0.3, -0.25) is 14.3 Å². The van der Waals surface area contributed by atoms with Crippen LogP contribution in [0.5, 0.6) is 0 Å². The molecule has 0 unspecified atom stereocenters. The zero-order chi connectivity index (χ0) is 13.4. The standard InChI is InChI=1S/C10H16N4O4/c1-17-5-3-12-9(15)7-18-10(16)6-14-4-2-8(11)13-14/h2,4H,3,5-7H2,1H3,(H2,11,13)(H,12,15). The molecule has 0 aliphatic rings. The van der Waals surface area contributed by atoms with Crippen molar-refractivity contribution in [2.75, 3.05) is 32.6 Å². The predicted octanol–water partition coefficient (Wildman–Crippen LogP) is -1.23. The maximum atomic E-state index is 11.3. The van der Waals surface area contributed by atoms with E-state index in [0.717, 1.165) is 0 Å². The van der Waals surface area contributed by atoms with E-state index in [9.17, 15) is 9.59 Å². The van der Waals surface area contributed by atoms with Gasteiger partial charge in [0.15, 0.2) is 6.61 Å². The molecule has 1 aromatic heterocycles. The van der Waals surface area contributed by atoms with Crippen molar-refractivity contribution in [2.45, 2.75) is 6.54 Å². The average Bonchev–Trinajstić information content (AvgIpc) is 2.72. The Labute approximate surface area is 104 Å². The van der Waals surface area contributed by atoms with E-state index in [0.29, 0.717) is 19.0 Å². The smallest absolute Gasteiger partial charge is 0.328 e. The maximum Gasteiger partial charge on any atom is 0.328 e. The number of esters is 1. The fourth-order valence-corrected chi connectivity index (χ4v) is 1.13. The molecule has 0 radical (unpaired) electrons. The molecule has 0 aromatic carbocycles. The number of rotatable bonds is 7. The number of carbonyl (C=O) groups is 2. The van der Waals surface area contributed by atoms with Gasteiger partial charge in [-0.1, -0.05) is 0 Å². The van der Waals surface area contributed by atoms with Crippen LogP contribution in [0.3, 0.4) is 0 Å². The van der Waals surface area contributed by atoms with Gasteiger partial charge < -0.3 is 20.5 Å². The number of anilines is 1. The Morgan fingerprint density at radius 1 is 1.56 bits per heavy atom.